The molecule has 4 nitrogen and oxygen atoms in total. The molecule has 2 rings (SSSR count). The van der Waals surface area contributed by atoms with Crippen LogP contribution < -0.4 is 10.6 Å². The van der Waals surface area contributed by atoms with Gasteiger partial charge < -0.3 is 10.6 Å². The number of alkyl halides is 3. The third-order valence-electron chi connectivity index (χ3n) is 3.38. The Balaban J connectivity index is 1.88. The Kier molecular flexibility index (Phi) is 5.82. The lowest BCUT2D eigenvalue weighted by molar-refractivity contribution is -0.137. The number of anilines is 1. The van der Waals surface area contributed by atoms with Gasteiger partial charge >= 0.3 is 6.18 Å². The fourth-order valence-corrected chi connectivity index (χ4v) is 3.23. The highest BCUT2D eigenvalue weighted by molar-refractivity contribution is 7.14. The zero-order valence-electron chi connectivity index (χ0n) is 13.3. The Morgan fingerprint density at radius 2 is 2.08 bits per heavy atom. The number of aromatic nitrogens is 1. The Morgan fingerprint density at radius 3 is 2.71 bits per heavy atom. The van der Waals surface area contributed by atoms with Crippen molar-refractivity contribution in [2.45, 2.75) is 26.4 Å². The topological polar surface area (TPSA) is 54.0 Å². The standard InChI is InChI=1S/C16H18F3N3OS/c1-3-12-10(2)9-13(24-12)15(23)22-8-7-21-14-11(16(17,18)19)5-4-6-20-14/h4-6,9H,3,7-8H2,1-2H3,(H,20,21)(H,22,23). The van der Waals surface area contributed by atoms with Crippen molar-refractivity contribution in [2.75, 3.05) is 18.4 Å². The molecule has 0 radical (unpaired) electrons. The molecule has 2 N–H and O–H groups in total. The molecule has 0 spiro atoms. The summed E-state index contributed by atoms with van der Waals surface area (Å²) in [7, 11) is 0. The highest BCUT2D eigenvalue weighted by atomic mass is 32.1. The molecule has 24 heavy (non-hydrogen) atoms. The van der Waals surface area contributed by atoms with Crippen molar-refractivity contribution < 1.29 is 18.0 Å². The molecule has 0 saturated heterocycles. The molecule has 0 bridgehead atoms. The Bertz CT molecular complexity index is 713. The Hall–Kier alpha value is -2.09. The lowest BCUT2D eigenvalue weighted by Gasteiger charge is -2.13. The van der Waals surface area contributed by atoms with Crippen LogP contribution in [0.3, 0.4) is 0 Å². The second kappa shape index (κ2) is 7.65. The van der Waals surface area contributed by atoms with Crippen LogP contribution in [-0.4, -0.2) is 24.0 Å². The monoisotopic (exact) mass is 357 g/mol. The van der Waals surface area contributed by atoms with E-state index in [2.05, 4.69) is 15.6 Å². The molecule has 0 aliphatic rings. The van der Waals surface area contributed by atoms with E-state index >= 15 is 0 Å². The number of nitrogens with zero attached hydrogens (tertiary/aromatic N) is 1. The summed E-state index contributed by atoms with van der Waals surface area (Å²) in [6.45, 7) is 4.32. The van der Waals surface area contributed by atoms with Crippen LogP contribution in [0.1, 0.15) is 32.6 Å². The van der Waals surface area contributed by atoms with E-state index < -0.39 is 11.7 Å². The first-order valence-electron chi connectivity index (χ1n) is 7.46. The Morgan fingerprint density at radius 1 is 1.33 bits per heavy atom. The van der Waals surface area contributed by atoms with E-state index in [4.69, 9.17) is 0 Å². The zero-order valence-corrected chi connectivity index (χ0v) is 14.1. The van der Waals surface area contributed by atoms with Crippen LogP contribution in [0.5, 0.6) is 0 Å². The molecule has 8 heteroatoms. The minimum absolute atomic E-state index is 0.150. The number of carbonyl (C=O) groups excluding carboxylic acids is 1. The van der Waals surface area contributed by atoms with Gasteiger partial charge in [-0.2, -0.15) is 13.2 Å². The maximum Gasteiger partial charge on any atom is 0.419 e. The summed E-state index contributed by atoms with van der Waals surface area (Å²) in [5.41, 5.74) is 0.256. The molecule has 0 aliphatic heterocycles. The van der Waals surface area contributed by atoms with E-state index in [-0.39, 0.29) is 24.8 Å². The summed E-state index contributed by atoms with van der Waals surface area (Å²) in [6, 6.07) is 4.03. The van der Waals surface area contributed by atoms with Crippen molar-refractivity contribution in [1.82, 2.24) is 10.3 Å². The molecular weight excluding hydrogens is 339 g/mol. The van der Waals surface area contributed by atoms with Crippen LogP contribution in [0.15, 0.2) is 24.4 Å². The van der Waals surface area contributed by atoms with Crippen molar-refractivity contribution in [3.8, 4) is 0 Å². The van der Waals surface area contributed by atoms with Gasteiger partial charge in [0.1, 0.15) is 5.82 Å². The molecule has 2 heterocycles. The second-order valence-corrected chi connectivity index (χ2v) is 6.29. The first kappa shape index (κ1) is 18.3. The third kappa shape index (κ3) is 4.47. The molecule has 0 atom stereocenters. The molecule has 1 amide bonds. The number of hydrogen-bond donors (Lipinski definition) is 2. The summed E-state index contributed by atoms with van der Waals surface area (Å²) in [5, 5.41) is 5.30. The number of thiophene rings is 1. The van der Waals surface area contributed by atoms with Gasteiger partial charge in [0.2, 0.25) is 0 Å². The van der Waals surface area contributed by atoms with Gasteiger partial charge in [-0.15, -0.1) is 11.3 Å². The summed E-state index contributed by atoms with van der Waals surface area (Å²) in [6.07, 6.45) is -2.31. The average Bonchev–Trinajstić information content (AvgIpc) is 2.92. The van der Waals surface area contributed by atoms with Gasteiger partial charge in [-0.05, 0) is 37.1 Å². The number of nitrogens with one attached hydrogen (secondary N) is 2. The highest BCUT2D eigenvalue weighted by Crippen LogP contribution is 2.33. The number of rotatable bonds is 6. The summed E-state index contributed by atoms with van der Waals surface area (Å²) in [4.78, 5) is 17.5. The van der Waals surface area contributed by atoms with Gasteiger partial charge in [0.25, 0.3) is 5.91 Å². The van der Waals surface area contributed by atoms with Gasteiger partial charge in [-0.25, -0.2) is 4.98 Å². The van der Waals surface area contributed by atoms with Crippen LogP contribution >= 0.6 is 11.3 Å². The fourth-order valence-electron chi connectivity index (χ4n) is 2.20. The third-order valence-corrected chi connectivity index (χ3v) is 4.76. The van der Waals surface area contributed by atoms with E-state index in [1.807, 2.05) is 19.9 Å². The normalized spacial score (nSPS) is 11.4. The van der Waals surface area contributed by atoms with Crippen LogP contribution in [0.2, 0.25) is 0 Å². The lowest BCUT2D eigenvalue weighted by Crippen LogP contribution is -2.28. The summed E-state index contributed by atoms with van der Waals surface area (Å²) < 4.78 is 38.5. The van der Waals surface area contributed by atoms with Gasteiger partial charge in [-0.1, -0.05) is 6.92 Å². The molecule has 2 aromatic rings. The smallest absolute Gasteiger partial charge is 0.368 e. The summed E-state index contributed by atoms with van der Waals surface area (Å²) >= 11 is 1.43. The molecule has 0 unspecified atom stereocenters. The SMILES string of the molecule is CCc1sc(C(=O)NCCNc2ncccc2C(F)(F)F)cc1C. The van der Waals surface area contributed by atoms with Gasteiger partial charge in [0.15, 0.2) is 0 Å². The largest absolute Gasteiger partial charge is 0.419 e. The van der Waals surface area contributed by atoms with Crippen LogP contribution in [0.4, 0.5) is 19.0 Å². The van der Waals surface area contributed by atoms with Crippen LogP contribution in [-0.2, 0) is 12.6 Å². The fraction of sp³-hybridized carbons (Fsp3) is 0.375. The number of aryl methyl sites for hydroxylation is 2. The van der Waals surface area contributed by atoms with Crippen LogP contribution in [0, 0.1) is 6.92 Å². The minimum atomic E-state index is -4.47. The lowest BCUT2D eigenvalue weighted by atomic mass is 10.2. The average molecular weight is 357 g/mol. The quantitative estimate of drug-likeness (QED) is 0.772. The van der Waals surface area contributed by atoms with E-state index in [9.17, 15) is 18.0 Å². The van der Waals surface area contributed by atoms with E-state index in [1.165, 1.54) is 23.6 Å². The minimum Gasteiger partial charge on any atom is -0.368 e. The highest BCUT2D eigenvalue weighted by Gasteiger charge is 2.33. The number of halogens is 3. The van der Waals surface area contributed by atoms with Crippen LogP contribution in [0.25, 0.3) is 0 Å². The number of carbonyl (C=O) groups is 1. The van der Waals surface area contributed by atoms with Crippen molar-refractivity contribution >= 4 is 23.1 Å². The van der Waals surface area contributed by atoms with Gasteiger partial charge in [0.05, 0.1) is 10.4 Å². The zero-order chi connectivity index (χ0) is 17.7. The number of hydrogen-bond acceptors (Lipinski definition) is 4. The van der Waals surface area contributed by atoms with Gasteiger partial charge in [0, 0.05) is 24.2 Å². The number of pyridine rings is 1. The van der Waals surface area contributed by atoms with E-state index in [0.29, 0.717) is 4.88 Å². The molecular formula is C16H18F3N3OS. The van der Waals surface area contributed by atoms with E-state index in [0.717, 1.165) is 22.9 Å². The van der Waals surface area contributed by atoms with Crippen molar-refractivity contribution in [3.63, 3.8) is 0 Å². The van der Waals surface area contributed by atoms with Gasteiger partial charge in [-0.3, -0.25) is 4.79 Å². The second-order valence-electron chi connectivity index (χ2n) is 5.15. The van der Waals surface area contributed by atoms with Crippen molar-refractivity contribution in [1.29, 1.82) is 0 Å². The summed E-state index contributed by atoms with van der Waals surface area (Å²) in [5.74, 6) is -0.457. The first-order valence-corrected chi connectivity index (χ1v) is 8.28. The molecule has 130 valence electrons. The van der Waals surface area contributed by atoms with Crippen molar-refractivity contribution in [2.24, 2.45) is 0 Å². The van der Waals surface area contributed by atoms with E-state index in [1.54, 1.807) is 0 Å². The maximum atomic E-state index is 12.8. The molecule has 2 aromatic heterocycles. The molecule has 0 fully saturated rings. The molecule has 0 aromatic carbocycles. The molecule has 0 saturated carbocycles. The number of amides is 1. The molecule has 0 aliphatic carbocycles. The first-order chi connectivity index (χ1) is 11.3. The Labute approximate surface area is 142 Å². The predicted molar refractivity (Wildman–Crippen MR) is 88.5 cm³/mol. The van der Waals surface area contributed by atoms with Crippen molar-refractivity contribution in [3.05, 3.63) is 45.3 Å². The maximum absolute atomic E-state index is 12.8. The predicted octanol–water partition coefficient (Wildman–Crippen LogP) is 3.87.